The van der Waals surface area contributed by atoms with Crippen molar-refractivity contribution in [3.8, 4) is 6.07 Å². The van der Waals surface area contributed by atoms with E-state index in [2.05, 4.69) is 83.4 Å². The highest BCUT2D eigenvalue weighted by Crippen LogP contribution is 2.30. The van der Waals surface area contributed by atoms with Crippen LogP contribution in [0.4, 0.5) is 11.6 Å². The lowest BCUT2D eigenvalue weighted by Gasteiger charge is -2.33. The van der Waals surface area contributed by atoms with E-state index >= 15 is 0 Å². The van der Waals surface area contributed by atoms with Crippen LogP contribution in [0.5, 0.6) is 0 Å². The Morgan fingerprint density at radius 1 is 0.767 bits per heavy atom. The van der Waals surface area contributed by atoms with Crippen molar-refractivity contribution < 1.29 is 4.74 Å². The maximum absolute atomic E-state index is 9.28. The minimum Gasteiger partial charge on any atom is -0.381 e. The first kappa shape index (κ1) is 34.8. The number of aromatic nitrogens is 2. The zero-order valence-corrected chi connectivity index (χ0v) is 28.4. The van der Waals surface area contributed by atoms with Crippen LogP contribution < -0.4 is 15.5 Å². The first-order valence-corrected chi connectivity index (χ1v) is 16.5. The number of hydrogen-bond acceptors (Lipinski definition) is 7. The van der Waals surface area contributed by atoms with Gasteiger partial charge in [0.2, 0.25) is 0 Å². The molecule has 3 fully saturated rings. The standard InChI is InChI=1S/C16H27N3.C16H23N3.C4H8O/c2*1-12-7-9-19(10-8-12)15-13(11-17)5-6-14(18-15)16(2,3)4;1-2-4-5-3-1/h5-6,12H,7-11,17H2,1-4H3;5-6,12H,7-10H2,1-4H3;1-4H2. The molecule has 5 rings (SSSR count). The molecule has 0 amide bonds. The molecule has 2 N–H and O–H groups in total. The number of ether oxygens (including phenoxy) is 1. The molecule has 238 valence electrons. The van der Waals surface area contributed by atoms with Gasteiger partial charge in [0.05, 0.1) is 5.56 Å². The predicted octanol–water partition coefficient (Wildman–Crippen LogP) is 7.36. The maximum atomic E-state index is 9.28. The Kier molecular flexibility index (Phi) is 12.8. The van der Waals surface area contributed by atoms with E-state index in [0.717, 1.165) is 74.3 Å². The average molecular weight is 591 g/mol. The third-order valence-electron chi connectivity index (χ3n) is 8.70. The summed E-state index contributed by atoms with van der Waals surface area (Å²) in [4.78, 5) is 14.4. The van der Waals surface area contributed by atoms with Crippen LogP contribution in [0.25, 0.3) is 0 Å². The molecule has 7 nitrogen and oxygen atoms in total. The molecule has 0 saturated carbocycles. The highest BCUT2D eigenvalue weighted by Gasteiger charge is 2.24. The third-order valence-corrected chi connectivity index (χ3v) is 8.70. The summed E-state index contributed by atoms with van der Waals surface area (Å²) in [5.74, 6) is 3.61. The number of rotatable bonds is 3. The Bertz CT molecular complexity index is 1160. The van der Waals surface area contributed by atoms with Crippen molar-refractivity contribution in [3.05, 3.63) is 46.8 Å². The normalized spacial score (nSPS) is 18.3. The SMILES string of the molecule is C1CCOC1.CC1CCN(c2nc(C(C)(C)C)ccc2C#N)CC1.CC1CCN(c2nc(C(C)(C)C)ccc2CN)CC1. The summed E-state index contributed by atoms with van der Waals surface area (Å²) in [6.45, 7) is 24.5. The van der Waals surface area contributed by atoms with Gasteiger partial charge in [0, 0.05) is 73.7 Å². The van der Waals surface area contributed by atoms with Gasteiger partial charge in [0.15, 0.2) is 0 Å². The third kappa shape index (κ3) is 10.5. The van der Waals surface area contributed by atoms with Crippen LogP contribution in [0.1, 0.15) is 116 Å². The van der Waals surface area contributed by atoms with E-state index in [0.29, 0.717) is 12.1 Å². The highest BCUT2D eigenvalue weighted by molar-refractivity contribution is 5.55. The summed E-state index contributed by atoms with van der Waals surface area (Å²) in [5, 5.41) is 9.28. The molecule has 3 aliphatic rings. The summed E-state index contributed by atoms with van der Waals surface area (Å²) in [6.07, 6.45) is 7.44. The van der Waals surface area contributed by atoms with Gasteiger partial charge >= 0.3 is 0 Å². The van der Waals surface area contributed by atoms with E-state index in [-0.39, 0.29) is 10.8 Å². The van der Waals surface area contributed by atoms with E-state index in [1.807, 2.05) is 12.1 Å². The molecule has 2 aromatic heterocycles. The lowest BCUT2D eigenvalue weighted by Crippen LogP contribution is -2.35. The van der Waals surface area contributed by atoms with Crippen LogP contribution in [0.3, 0.4) is 0 Å². The second kappa shape index (κ2) is 15.9. The van der Waals surface area contributed by atoms with Gasteiger partial charge in [-0.15, -0.1) is 0 Å². The van der Waals surface area contributed by atoms with Gasteiger partial charge in [-0.2, -0.15) is 5.26 Å². The molecule has 0 radical (unpaired) electrons. The van der Waals surface area contributed by atoms with Crippen molar-refractivity contribution in [2.45, 2.75) is 111 Å². The van der Waals surface area contributed by atoms with Gasteiger partial charge in [-0.05, 0) is 68.6 Å². The average Bonchev–Trinajstić information content (AvgIpc) is 3.57. The van der Waals surface area contributed by atoms with Gasteiger partial charge < -0.3 is 20.3 Å². The fraction of sp³-hybridized carbons (Fsp3) is 0.694. The minimum absolute atomic E-state index is 0.0197. The Morgan fingerprint density at radius 2 is 1.21 bits per heavy atom. The first-order valence-electron chi connectivity index (χ1n) is 16.5. The van der Waals surface area contributed by atoms with E-state index in [1.165, 1.54) is 44.1 Å². The Labute approximate surface area is 262 Å². The van der Waals surface area contributed by atoms with Crippen LogP contribution in [0.15, 0.2) is 24.3 Å². The van der Waals surface area contributed by atoms with Crippen LogP contribution in [-0.4, -0.2) is 49.4 Å². The van der Waals surface area contributed by atoms with Crippen molar-refractivity contribution in [1.82, 2.24) is 9.97 Å². The zero-order chi connectivity index (χ0) is 31.6. The number of anilines is 2. The Morgan fingerprint density at radius 3 is 1.60 bits per heavy atom. The summed E-state index contributed by atoms with van der Waals surface area (Å²) in [6, 6.07) is 10.5. The van der Waals surface area contributed by atoms with Crippen LogP contribution >= 0.6 is 0 Å². The second-order valence-electron chi connectivity index (χ2n) is 14.7. The quantitative estimate of drug-likeness (QED) is 0.399. The monoisotopic (exact) mass is 590 g/mol. The van der Waals surface area contributed by atoms with Crippen LogP contribution in [0.2, 0.25) is 0 Å². The molecule has 0 atom stereocenters. The number of piperidine rings is 2. The van der Waals surface area contributed by atoms with E-state index < -0.39 is 0 Å². The van der Waals surface area contributed by atoms with Crippen molar-refractivity contribution in [1.29, 1.82) is 5.26 Å². The molecular formula is C36H58N6O. The van der Waals surface area contributed by atoms with Gasteiger partial charge in [0.1, 0.15) is 17.7 Å². The van der Waals surface area contributed by atoms with Crippen molar-refractivity contribution >= 4 is 11.6 Å². The molecule has 0 aromatic carbocycles. The molecule has 0 unspecified atom stereocenters. The van der Waals surface area contributed by atoms with Crippen molar-refractivity contribution in [2.75, 3.05) is 49.2 Å². The molecule has 0 bridgehead atoms. The maximum Gasteiger partial charge on any atom is 0.146 e. The van der Waals surface area contributed by atoms with E-state index in [4.69, 9.17) is 20.4 Å². The van der Waals surface area contributed by atoms with Gasteiger partial charge in [0.25, 0.3) is 0 Å². The Hall–Kier alpha value is -2.69. The molecule has 5 heterocycles. The Balaban J connectivity index is 0.000000202. The number of nitrogens with two attached hydrogens (primary N) is 1. The minimum atomic E-state index is 0.0197. The summed E-state index contributed by atoms with van der Waals surface area (Å²) in [5.41, 5.74) is 10.1. The lowest BCUT2D eigenvalue weighted by atomic mass is 9.91. The summed E-state index contributed by atoms with van der Waals surface area (Å²) < 4.78 is 4.94. The van der Waals surface area contributed by atoms with Crippen molar-refractivity contribution in [2.24, 2.45) is 17.6 Å². The highest BCUT2D eigenvalue weighted by atomic mass is 16.5. The fourth-order valence-electron chi connectivity index (χ4n) is 5.47. The molecule has 0 aliphatic carbocycles. The van der Waals surface area contributed by atoms with Gasteiger partial charge in [-0.1, -0.05) is 61.5 Å². The van der Waals surface area contributed by atoms with Gasteiger partial charge in [-0.25, -0.2) is 9.97 Å². The number of nitriles is 1. The first-order chi connectivity index (χ1) is 20.3. The fourth-order valence-corrected chi connectivity index (χ4v) is 5.47. The summed E-state index contributed by atoms with van der Waals surface area (Å²) in [7, 11) is 0. The van der Waals surface area contributed by atoms with Gasteiger partial charge in [-0.3, -0.25) is 0 Å². The van der Waals surface area contributed by atoms with Crippen LogP contribution in [0, 0.1) is 23.2 Å². The molecule has 7 heteroatoms. The molecule has 0 spiro atoms. The molecule has 3 saturated heterocycles. The largest absolute Gasteiger partial charge is 0.381 e. The zero-order valence-electron chi connectivity index (χ0n) is 28.4. The number of pyridine rings is 2. The van der Waals surface area contributed by atoms with E-state index in [9.17, 15) is 5.26 Å². The van der Waals surface area contributed by atoms with E-state index in [1.54, 1.807) is 0 Å². The molecular weight excluding hydrogens is 532 g/mol. The topological polar surface area (TPSA) is 91.3 Å². The van der Waals surface area contributed by atoms with Crippen LogP contribution in [-0.2, 0) is 22.1 Å². The lowest BCUT2D eigenvalue weighted by molar-refractivity contribution is 0.198. The second-order valence-corrected chi connectivity index (χ2v) is 14.7. The molecule has 43 heavy (non-hydrogen) atoms. The molecule has 3 aliphatic heterocycles. The van der Waals surface area contributed by atoms with Crippen molar-refractivity contribution in [3.63, 3.8) is 0 Å². The number of hydrogen-bond donors (Lipinski definition) is 1. The number of nitrogens with zero attached hydrogens (tertiary/aromatic N) is 5. The summed E-state index contributed by atoms with van der Waals surface area (Å²) >= 11 is 0. The predicted molar refractivity (Wildman–Crippen MR) is 180 cm³/mol. The molecule has 2 aromatic rings. The smallest absolute Gasteiger partial charge is 0.146 e.